The number of hydrogen-bond acceptors (Lipinski definition) is 3. The lowest BCUT2D eigenvalue weighted by Crippen LogP contribution is -2.16. The summed E-state index contributed by atoms with van der Waals surface area (Å²) in [5, 5.41) is 0. The molecule has 0 radical (unpaired) electrons. The number of anilines is 1. The quantitative estimate of drug-likeness (QED) is 0.936. The van der Waals surface area contributed by atoms with Gasteiger partial charge in [-0.25, -0.2) is 4.98 Å². The summed E-state index contributed by atoms with van der Waals surface area (Å²) in [5.41, 5.74) is 7.15. The fourth-order valence-corrected chi connectivity index (χ4v) is 1.85. The molecule has 2 aromatic rings. The predicted molar refractivity (Wildman–Crippen MR) is 69.0 cm³/mol. The number of nitrogens with two attached hydrogens (primary N) is 1. The van der Waals surface area contributed by atoms with E-state index in [1.807, 2.05) is 6.92 Å². The number of aromatic nitrogens is 2. The summed E-state index contributed by atoms with van der Waals surface area (Å²) >= 11 is 0. The van der Waals surface area contributed by atoms with Crippen molar-refractivity contribution in [2.75, 3.05) is 5.73 Å². The van der Waals surface area contributed by atoms with Gasteiger partial charge in [-0.2, -0.15) is 0 Å². The van der Waals surface area contributed by atoms with Gasteiger partial charge in [0.1, 0.15) is 17.3 Å². The predicted octanol–water partition coefficient (Wildman–Crippen LogP) is 3.44. The molecule has 0 aliphatic carbocycles. The van der Waals surface area contributed by atoms with Crippen LogP contribution in [0.25, 0.3) is 11.3 Å². The molecular formula is C13H14F3N3O. The monoisotopic (exact) mass is 285 g/mol. The zero-order chi connectivity index (χ0) is 14.8. The van der Waals surface area contributed by atoms with Gasteiger partial charge in [-0.15, -0.1) is 13.2 Å². The van der Waals surface area contributed by atoms with Gasteiger partial charge in [-0.1, -0.05) is 6.92 Å². The topological polar surface area (TPSA) is 53.1 Å². The largest absolute Gasteiger partial charge is 0.573 e. The summed E-state index contributed by atoms with van der Waals surface area (Å²) in [6, 6.07) is 5.47. The van der Waals surface area contributed by atoms with Crippen LogP contribution in [0, 0.1) is 0 Å². The smallest absolute Gasteiger partial charge is 0.406 e. The second-order valence-corrected chi connectivity index (χ2v) is 4.24. The molecule has 0 aliphatic rings. The molecule has 0 fully saturated rings. The average Bonchev–Trinajstić information content (AvgIpc) is 2.71. The molecule has 0 amide bonds. The Morgan fingerprint density at radius 2 is 1.90 bits per heavy atom. The van der Waals surface area contributed by atoms with Crippen molar-refractivity contribution in [1.82, 2.24) is 9.55 Å². The minimum atomic E-state index is -4.69. The van der Waals surface area contributed by atoms with Crippen molar-refractivity contribution in [3.8, 4) is 17.0 Å². The minimum Gasteiger partial charge on any atom is -0.406 e. The van der Waals surface area contributed by atoms with E-state index in [1.165, 1.54) is 24.3 Å². The van der Waals surface area contributed by atoms with E-state index in [0.717, 1.165) is 13.0 Å². The zero-order valence-electron chi connectivity index (χ0n) is 10.8. The molecule has 2 rings (SSSR count). The third-order valence-electron chi connectivity index (χ3n) is 2.70. The third-order valence-corrected chi connectivity index (χ3v) is 2.70. The van der Waals surface area contributed by atoms with Gasteiger partial charge < -0.3 is 15.0 Å². The summed E-state index contributed by atoms with van der Waals surface area (Å²) in [7, 11) is 0. The van der Waals surface area contributed by atoms with Gasteiger partial charge >= 0.3 is 6.36 Å². The first kappa shape index (κ1) is 14.2. The number of nitrogen functional groups attached to an aromatic ring is 1. The lowest BCUT2D eigenvalue weighted by Gasteiger charge is -2.09. The normalized spacial score (nSPS) is 11.6. The molecule has 0 spiro atoms. The van der Waals surface area contributed by atoms with Crippen LogP contribution < -0.4 is 10.5 Å². The molecule has 0 atom stereocenters. The molecule has 20 heavy (non-hydrogen) atoms. The fraction of sp³-hybridized carbons (Fsp3) is 0.308. The fourth-order valence-electron chi connectivity index (χ4n) is 1.85. The molecule has 7 heteroatoms. The first-order valence-corrected chi connectivity index (χ1v) is 6.07. The van der Waals surface area contributed by atoms with Crippen LogP contribution in [0.2, 0.25) is 0 Å². The van der Waals surface area contributed by atoms with Crippen molar-refractivity contribution in [2.24, 2.45) is 0 Å². The SMILES string of the molecule is CCCn1cnc(-c2ccc(OC(F)(F)F)cc2)c1N. The van der Waals surface area contributed by atoms with Gasteiger partial charge in [0.25, 0.3) is 0 Å². The van der Waals surface area contributed by atoms with Crippen molar-refractivity contribution in [3.05, 3.63) is 30.6 Å². The van der Waals surface area contributed by atoms with Gasteiger partial charge in [0, 0.05) is 12.1 Å². The number of aryl methyl sites for hydroxylation is 1. The van der Waals surface area contributed by atoms with Gasteiger partial charge in [0.15, 0.2) is 0 Å². The number of rotatable bonds is 4. The summed E-state index contributed by atoms with van der Waals surface area (Å²) < 4.78 is 41.8. The van der Waals surface area contributed by atoms with Crippen LogP contribution in [0.15, 0.2) is 30.6 Å². The van der Waals surface area contributed by atoms with E-state index in [9.17, 15) is 13.2 Å². The lowest BCUT2D eigenvalue weighted by atomic mass is 10.1. The Morgan fingerprint density at radius 1 is 1.25 bits per heavy atom. The standard InChI is InChI=1S/C13H14F3N3O/c1-2-7-19-8-18-11(12(19)17)9-3-5-10(6-4-9)20-13(14,15)16/h3-6,8H,2,7,17H2,1H3. The second kappa shape index (κ2) is 5.44. The molecular weight excluding hydrogens is 271 g/mol. The van der Waals surface area contributed by atoms with Crippen molar-refractivity contribution in [2.45, 2.75) is 26.3 Å². The van der Waals surface area contributed by atoms with E-state index in [1.54, 1.807) is 10.9 Å². The number of imidazole rings is 1. The molecule has 108 valence electrons. The zero-order valence-corrected chi connectivity index (χ0v) is 10.8. The molecule has 0 bridgehead atoms. The molecule has 1 heterocycles. The maximum absolute atomic E-state index is 12.1. The molecule has 0 aliphatic heterocycles. The molecule has 2 N–H and O–H groups in total. The number of halogens is 3. The summed E-state index contributed by atoms with van der Waals surface area (Å²) in [4.78, 5) is 4.18. The van der Waals surface area contributed by atoms with E-state index >= 15 is 0 Å². The van der Waals surface area contributed by atoms with E-state index in [2.05, 4.69) is 9.72 Å². The Kier molecular flexibility index (Phi) is 3.87. The highest BCUT2D eigenvalue weighted by atomic mass is 19.4. The van der Waals surface area contributed by atoms with E-state index < -0.39 is 6.36 Å². The van der Waals surface area contributed by atoms with Crippen LogP contribution in [0.3, 0.4) is 0 Å². The lowest BCUT2D eigenvalue weighted by molar-refractivity contribution is -0.274. The molecule has 4 nitrogen and oxygen atoms in total. The highest BCUT2D eigenvalue weighted by molar-refractivity contribution is 5.70. The number of alkyl halides is 3. The summed E-state index contributed by atoms with van der Waals surface area (Å²) in [5.74, 6) is 0.226. The maximum atomic E-state index is 12.1. The maximum Gasteiger partial charge on any atom is 0.573 e. The Balaban J connectivity index is 2.22. The average molecular weight is 285 g/mol. The molecule has 0 saturated heterocycles. The van der Waals surface area contributed by atoms with E-state index in [0.29, 0.717) is 17.1 Å². The van der Waals surface area contributed by atoms with Crippen LogP contribution in [0.1, 0.15) is 13.3 Å². The third kappa shape index (κ3) is 3.23. The molecule has 0 saturated carbocycles. The van der Waals surface area contributed by atoms with Crippen LogP contribution in [0.5, 0.6) is 5.75 Å². The number of benzene rings is 1. The van der Waals surface area contributed by atoms with Gasteiger partial charge in [-0.05, 0) is 30.7 Å². The van der Waals surface area contributed by atoms with Crippen molar-refractivity contribution >= 4 is 5.82 Å². The number of hydrogen-bond donors (Lipinski definition) is 1. The Hall–Kier alpha value is -2.18. The van der Waals surface area contributed by atoms with Crippen LogP contribution in [-0.2, 0) is 6.54 Å². The Morgan fingerprint density at radius 3 is 2.45 bits per heavy atom. The molecule has 1 aromatic carbocycles. The highest BCUT2D eigenvalue weighted by Crippen LogP contribution is 2.28. The molecule has 1 aromatic heterocycles. The van der Waals surface area contributed by atoms with E-state index in [4.69, 9.17) is 5.73 Å². The van der Waals surface area contributed by atoms with Gasteiger partial charge in [0.2, 0.25) is 0 Å². The number of ether oxygens (including phenoxy) is 1. The van der Waals surface area contributed by atoms with Crippen molar-refractivity contribution in [1.29, 1.82) is 0 Å². The first-order chi connectivity index (χ1) is 9.40. The Bertz CT molecular complexity index is 576. The summed E-state index contributed by atoms with van der Waals surface area (Å²) in [6.45, 7) is 2.76. The second-order valence-electron chi connectivity index (χ2n) is 4.24. The van der Waals surface area contributed by atoms with Crippen molar-refractivity contribution in [3.63, 3.8) is 0 Å². The molecule has 0 unspecified atom stereocenters. The van der Waals surface area contributed by atoms with Crippen LogP contribution >= 0.6 is 0 Å². The van der Waals surface area contributed by atoms with Crippen LogP contribution in [-0.4, -0.2) is 15.9 Å². The number of nitrogens with zero attached hydrogens (tertiary/aromatic N) is 2. The minimum absolute atomic E-state index is 0.271. The van der Waals surface area contributed by atoms with Gasteiger partial charge in [0.05, 0.1) is 6.33 Å². The first-order valence-electron chi connectivity index (χ1n) is 6.07. The van der Waals surface area contributed by atoms with Crippen LogP contribution in [0.4, 0.5) is 19.0 Å². The van der Waals surface area contributed by atoms with E-state index in [-0.39, 0.29) is 5.75 Å². The van der Waals surface area contributed by atoms with Gasteiger partial charge in [-0.3, -0.25) is 0 Å². The highest BCUT2D eigenvalue weighted by Gasteiger charge is 2.31. The Labute approximate surface area is 114 Å². The summed E-state index contributed by atoms with van der Waals surface area (Å²) in [6.07, 6.45) is -2.16. The van der Waals surface area contributed by atoms with Crippen molar-refractivity contribution < 1.29 is 17.9 Å².